The summed E-state index contributed by atoms with van der Waals surface area (Å²) in [7, 11) is -0.623. The van der Waals surface area contributed by atoms with Crippen molar-refractivity contribution in [3.05, 3.63) is 48.9 Å². The minimum atomic E-state index is -1.18. The molecule has 4 unspecified atom stereocenters. The number of carboxylic acids is 2. The van der Waals surface area contributed by atoms with Crippen molar-refractivity contribution in [1.29, 1.82) is 0 Å². The van der Waals surface area contributed by atoms with E-state index >= 15 is 0 Å². The molecule has 4 aromatic heterocycles. The molecule has 22 nitrogen and oxygen atoms in total. The average Bonchev–Trinajstić information content (AvgIpc) is 3.89. The van der Waals surface area contributed by atoms with Crippen LogP contribution < -0.4 is 22.9 Å². The molecule has 6 rings (SSSR count). The number of aliphatic carboxylic acids is 2. The first kappa shape index (κ1) is 40.4. The number of nitrogens with two attached hydrogens (primary N) is 4. The topological polar surface area (TPSA) is 365 Å². The Morgan fingerprint density at radius 2 is 1.06 bits per heavy atom. The number of fused-ring (bicyclic) bond motifs is 2. The number of hydrogen-bond acceptors (Lipinski definition) is 18. The Hall–Kier alpha value is -4.82. The van der Waals surface area contributed by atoms with Crippen LogP contribution in [-0.2, 0) is 40.9 Å². The van der Waals surface area contributed by atoms with E-state index in [0.29, 0.717) is 45.3 Å². The third kappa shape index (κ3) is 8.76. The Morgan fingerprint density at radius 3 is 1.41 bits per heavy atom. The maximum atomic E-state index is 10.7. The van der Waals surface area contributed by atoms with E-state index in [1.54, 1.807) is 0 Å². The second kappa shape index (κ2) is 17.1. The summed E-state index contributed by atoms with van der Waals surface area (Å²) in [6.07, 6.45) is 4.52. The van der Waals surface area contributed by atoms with E-state index in [1.807, 2.05) is 12.5 Å². The molecule has 24 heteroatoms. The smallest absolute Gasteiger partial charge is 0.351 e. The van der Waals surface area contributed by atoms with E-state index in [4.69, 9.17) is 42.6 Å². The van der Waals surface area contributed by atoms with Crippen LogP contribution in [0, 0.1) is 0 Å². The average molecular weight is 795 g/mol. The number of aliphatic hydroxyl groups is 4. The van der Waals surface area contributed by atoms with Crippen molar-refractivity contribution in [3.63, 3.8) is 0 Å². The van der Waals surface area contributed by atoms with Crippen molar-refractivity contribution in [3.8, 4) is 0 Å². The summed E-state index contributed by atoms with van der Waals surface area (Å²) in [6, 6.07) is 0. The number of nitrogen functional groups attached to an aromatic ring is 2. The fraction of sp³-hybridized carbons (Fsp3) is 0.467. The Morgan fingerprint density at radius 1 is 0.685 bits per heavy atom. The van der Waals surface area contributed by atoms with Gasteiger partial charge in [-0.25, -0.2) is 39.5 Å². The van der Waals surface area contributed by atoms with Crippen molar-refractivity contribution in [2.45, 2.75) is 49.1 Å². The number of hydrogen-bond donors (Lipinski definition) is 10. The highest BCUT2D eigenvalue weighted by Gasteiger charge is 2.47. The summed E-state index contributed by atoms with van der Waals surface area (Å²) in [4.78, 5) is 45.7. The molecule has 2 aliphatic rings. The van der Waals surface area contributed by atoms with Gasteiger partial charge in [0.15, 0.2) is 35.4 Å². The largest absolute Gasteiger partial charge is 0.477 e. The fourth-order valence-corrected chi connectivity index (χ4v) is 8.51. The van der Waals surface area contributed by atoms with Gasteiger partial charge in [-0.2, -0.15) is 0 Å². The lowest BCUT2D eigenvalue weighted by atomic mass is 10.1. The highest BCUT2D eigenvalue weighted by Crippen LogP contribution is 2.34. The molecule has 10 atom stereocenters. The fourth-order valence-electron chi connectivity index (χ4n) is 5.64. The van der Waals surface area contributed by atoms with Crippen LogP contribution in [0.1, 0.15) is 12.5 Å². The van der Waals surface area contributed by atoms with E-state index < -0.39 is 61.0 Å². The first-order valence-corrected chi connectivity index (χ1v) is 20.0. The lowest BCUT2D eigenvalue weighted by Crippen LogP contribution is -2.35. The van der Waals surface area contributed by atoms with Gasteiger partial charge in [0.1, 0.15) is 94.7 Å². The van der Waals surface area contributed by atoms with Gasteiger partial charge in [-0.05, 0) is 33.9 Å². The van der Waals surface area contributed by atoms with E-state index in [-0.39, 0.29) is 44.8 Å². The summed E-state index contributed by atoms with van der Waals surface area (Å²) >= 11 is 0. The first-order valence-electron chi connectivity index (χ1n) is 16.0. The molecule has 0 spiro atoms. The predicted molar refractivity (Wildman–Crippen MR) is 197 cm³/mol. The predicted octanol–water partition coefficient (Wildman–Crippen LogP) is -3.59. The SMILES string of the molecule is C[S+](C/C=C(/N)C(=O)O)C[C@H]1O[C@@H](n2cnc3c(N)ncnc32)C(O)[C@H]1O.C[S+](C/C=C(/N)C(=O)O)C[C@H]1O[C@@H](n2cnc3c(N)ncnc32)C(O)[C@H]1O. The van der Waals surface area contributed by atoms with Crippen LogP contribution in [0.4, 0.5) is 11.6 Å². The van der Waals surface area contributed by atoms with Crippen LogP contribution in [0.3, 0.4) is 0 Å². The van der Waals surface area contributed by atoms with Crippen molar-refractivity contribution in [1.82, 2.24) is 39.0 Å². The number of carbonyl (C=O) groups is 2. The van der Waals surface area contributed by atoms with Crippen LogP contribution in [0.5, 0.6) is 0 Å². The van der Waals surface area contributed by atoms with Gasteiger partial charge >= 0.3 is 11.9 Å². The zero-order valence-electron chi connectivity index (χ0n) is 28.9. The monoisotopic (exact) mass is 794 g/mol. The lowest BCUT2D eigenvalue weighted by molar-refractivity contribution is -0.133. The molecule has 4 aromatic rings. The zero-order valence-corrected chi connectivity index (χ0v) is 30.6. The summed E-state index contributed by atoms with van der Waals surface area (Å²) in [6.45, 7) is 0. The highest BCUT2D eigenvalue weighted by atomic mass is 32.2. The summed E-state index contributed by atoms with van der Waals surface area (Å²) in [5, 5.41) is 59.2. The van der Waals surface area contributed by atoms with Gasteiger partial charge in [0.25, 0.3) is 0 Å². The Bertz CT molecular complexity index is 1890. The normalized spacial score (nSPS) is 27.1. The molecule has 14 N–H and O–H groups in total. The van der Waals surface area contributed by atoms with E-state index in [2.05, 4.69) is 29.9 Å². The van der Waals surface area contributed by atoms with E-state index in [1.165, 1.54) is 46.6 Å². The molecule has 2 fully saturated rings. The molecule has 292 valence electrons. The van der Waals surface area contributed by atoms with Gasteiger partial charge in [0.05, 0.1) is 25.2 Å². The van der Waals surface area contributed by atoms with Crippen molar-refractivity contribution >= 4 is 67.7 Å². The Kier molecular flexibility index (Phi) is 12.8. The molecule has 0 saturated carbocycles. The van der Waals surface area contributed by atoms with Crippen LogP contribution in [0.25, 0.3) is 22.3 Å². The minimum absolute atomic E-state index is 0.209. The van der Waals surface area contributed by atoms with Gasteiger partial charge in [-0.1, -0.05) is 0 Å². The Labute approximate surface area is 312 Å². The summed E-state index contributed by atoms with van der Waals surface area (Å²) in [5.74, 6) is -0.195. The molecule has 2 saturated heterocycles. The standard InChI is InChI=1S/2C15H20N6O5S/c2*1-27(3-2-7(16)15(24)25)4-8-10(22)11(23)14(26-8)21-6-20-9-12(17)18-5-19-13(9)21/h2*2,5-6,8,10-11,14,22-23H,3-4,16H2,1H3,(H2-,17,18,19,24,25)/p+2/b2*7-2+/t2*8-,10+,11?,14-,27?/m11/s1. The number of aliphatic hydroxyl groups excluding tert-OH is 4. The van der Waals surface area contributed by atoms with Crippen LogP contribution in [0.15, 0.2) is 48.9 Å². The number of rotatable bonds is 12. The molecule has 54 heavy (non-hydrogen) atoms. The first-order chi connectivity index (χ1) is 25.6. The molecule has 2 aliphatic heterocycles. The molecule has 0 radical (unpaired) electrons. The van der Waals surface area contributed by atoms with Gasteiger partial charge < -0.3 is 63.0 Å². The lowest BCUT2D eigenvalue weighted by Gasteiger charge is -2.16. The summed E-state index contributed by atoms with van der Waals surface area (Å²) in [5.41, 5.74) is 23.4. The van der Waals surface area contributed by atoms with Gasteiger partial charge in [0.2, 0.25) is 0 Å². The van der Waals surface area contributed by atoms with Crippen molar-refractivity contribution in [2.75, 3.05) is 47.0 Å². The minimum Gasteiger partial charge on any atom is -0.477 e. The zero-order chi connectivity index (χ0) is 39.4. The molecule has 0 aliphatic carbocycles. The number of ether oxygens (including phenoxy) is 2. The maximum absolute atomic E-state index is 10.7. The molecular formula is C30H42N12O10S2+2. The maximum Gasteiger partial charge on any atom is 0.351 e. The number of anilines is 2. The third-order valence-electron chi connectivity index (χ3n) is 8.56. The van der Waals surface area contributed by atoms with Gasteiger partial charge in [0, 0.05) is 0 Å². The van der Waals surface area contributed by atoms with Crippen LogP contribution in [0.2, 0.25) is 0 Å². The molecule has 0 bridgehead atoms. The number of nitrogens with zero attached hydrogens (tertiary/aromatic N) is 8. The molecule has 6 heterocycles. The number of imidazole rings is 2. The summed E-state index contributed by atoms with van der Waals surface area (Å²) < 4.78 is 14.7. The highest BCUT2D eigenvalue weighted by molar-refractivity contribution is 7.96. The van der Waals surface area contributed by atoms with E-state index in [0.717, 1.165) is 0 Å². The quantitative estimate of drug-likeness (QED) is 0.0489. The van der Waals surface area contributed by atoms with Crippen LogP contribution in [-0.4, -0.2) is 154 Å². The van der Waals surface area contributed by atoms with E-state index in [9.17, 15) is 30.0 Å². The van der Waals surface area contributed by atoms with Crippen molar-refractivity contribution < 1.29 is 49.7 Å². The molecular weight excluding hydrogens is 753 g/mol. The number of aromatic nitrogens is 8. The molecule has 0 amide bonds. The van der Waals surface area contributed by atoms with Crippen LogP contribution >= 0.6 is 0 Å². The van der Waals surface area contributed by atoms with Gasteiger partial charge in [-0.15, -0.1) is 0 Å². The third-order valence-corrected chi connectivity index (χ3v) is 11.8. The Balaban J connectivity index is 0.000000208. The van der Waals surface area contributed by atoms with Crippen molar-refractivity contribution in [2.24, 2.45) is 11.5 Å². The molecule has 0 aromatic carbocycles. The number of carboxylic acid groups (broad SMARTS) is 2. The second-order valence-electron chi connectivity index (χ2n) is 12.4. The van der Waals surface area contributed by atoms with Gasteiger partial charge in [-0.3, -0.25) is 9.13 Å². The second-order valence-corrected chi connectivity index (χ2v) is 16.9.